The first-order valence-electron chi connectivity index (χ1n) is 7.76. The van der Waals surface area contributed by atoms with Gasteiger partial charge in [-0.25, -0.2) is 9.59 Å². The summed E-state index contributed by atoms with van der Waals surface area (Å²) in [5.74, 6) is 0.0748. The first-order chi connectivity index (χ1) is 12.0. The quantitative estimate of drug-likeness (QED) is 0.604. The number of aromatic nitrogens is 1. The highest BCUT2D eigenvalue weighted by molar-refractivity contribution is 6.31. The molecule has 0 radical (unpaired) electrons. The normalized spacial score (nSPS) is 11.0. The minimum atomic E-state index is -0.676. The van der Waals surface area contributed by atoms with Crippen LogP contribution in [0.3, 0.4) is 0 Å². The van der Waals surface area contributed by atoms with Crippen molar-refractivity contribution in [2.75, 3.05) is 6.61 Å². The summed E-state index contributed by atoms with van der Waals surface area (Å²) in [6.45, 7) is 0.932. The molecule has 1 heterocycles. The summed E-state index contributed by atoms with van der Waals surface area (Å²) in [6, 6.07) is 11.9. The van der Waals surface area contributed by atoms with E-state index in [1.54, 1.807) is 36.4 Å². The van der Waals surface area contributed by atoms with Crippen molar-refractivity contribution in [3.63, 3.8) is 0 Å². The van der Waals surface area contributed by atoms with Crippen molar-refractivity contribution in [1.29, 1.82) is 0 Å². The summed E-state index contributed by atoms with van der Waals surface area (Å²) in [5, 5.41) is 1.37. The Morgan fingerprint density at radius 3 is 2.44 bits per heavy atom. The van der Waals surface area contributed by atoms with Gasteiger partial charge in [-0.1, -0.05) is 23.2 Å². The van der Waals surface area contributed by atoms with Crippen LogP contribution >= 0.6 is 23.2 Å². The smallest absolute Gasteiger partial charge is 0.422 e. The minimum Gasteiger partial charge on any atom is -0.494 e. The van der Waals surface area contributed by atoms with E-state index >= 15 is 0 Å². The Hall–Kier alpha value is -2.24. The third kappa shape index (κ3) is 4.24. The van der Waals surface area contributed by atoms with E-state index in [0.29, 0.717) is 40.5 Å². The number of hydrogen-bond donors (Lipinski definition) is 0. The molecule has 0 aliphatic carbocycles. The molecule has 0 unspecified atom stereocenters. The van der Waals surface area contributed by atoms with Crippen molar-refractivity contribution < 1.29 is 9.15 Å². The van der Waals surface area contributed by atoms with Gasteiger partial charge in [0, 0.05) is 16.6 Å². The second-order valence-electron chi connectivity index (χ2n) is 5.48. The highest BCUT2D eigenvalue weighted by atomic mass is 35.5. The van der Waals surface area contributed by atoms with Crippen molar-refractivity contribution in [3.8, 4) is 5.75 Å². The molecule has 0 saturated carbocycles. The summed E-state index contributed by atoms with van der Waals surface area (Å²) < 4.78 is 11.8. The predicted octanol–water partition coefficient (Wildman–Crippen LogP) is 4.12. The summed E-state index contributed by atoms with van der Waals surface area (Å²) >= 11 is 11.7. The Balaban J connectivity index is 1.64. The van der Waals surface area contributed by atoms with Crippen molar-refractivity contribution in [1.82, 2.24) is 4.57 Å². The number of unbranched alkanes of at least 4 members (excludes halogenated alkanes) is 1. The summed E-state index contributed by atoms with van der Waals surface area (Å²) in [6.07, 6.45) is 1.43. The van der Waals surface area contributed by atoms with Crippen LogP contribution in [-0.2, 0) is 6.54 Å². The average Bonchev–Trinajstić information content (AvgIpc) is 2.59. The lowest BCUT2D eigenvalue weighted by Crippen LogP contribution is -2.25. The molecule has 7 heteroatoms. The Labute approximate surface area is 153 Å². The third-order valence-electron chi connectivity index (χ3n) is 3.73. The lowest BCUT2D eigenvalue weighted by molar-refractivity contribution is 0.301. The third-order valence-corrected chi connectivity index (χ3v) is 4.22. The topological polar surface area (TPSA) is 61.4 Å². The van der Waals surface area contributed by atoms with Crippen LogP contribution in [0.2, 0.25) is 10.0 Å². The molecule has 0 saturated heterocycles. The molecule has 1 aromatic heterocycles. The highest BCUT2D eigenvalue weighted by Crippen LogP contribution is 2.17. The number of nitrogens with zero attached hydrogens (tertiary/aromatic N) is 1. The fraction of sp³-hybridized carbons (Fsp3) is 0.222. The van der Waals surface area contributed by atoms with E-state index in [0.717, 1.165) is 12.2 Å². The maximum absolute atomic E-state index is 12.0. The number of rotatable bonds is 6. The molecule has 0 aliphatic heterocycles. The van der Waals surface area contributed by atoms with Crippen LogP contribution < -0.4 is 16.1 Å². The van der Waals surface area contributed by atoms with Gasteiger partial charge in [-0.2, -0.15) is 0 Å². The van der Waals surface area contributed by atoms with Crippen LogP contribution in [0.1, 0.15) is 12.8 Å². The SMILES string of the molecule is O=c1oc(=O)n(CCCCOc2ccc(Cl)cc2)c2ccc(Cl)cc12. The maximum Gasteiger partial charge on any atom is 0.422 e. The molecule has 5 nitrogen and oxygen atoms in total. The van der Waals surface area contributed by atoms with E-state index in [9.17, 15) is 9.59 Å². The Morgan fingerprint density at radius 2 is 1.68 bits per heavy atom. The fourth-order valence-electron chi connectivity index (χ4n) is 2.50. The molecule has 3 rings (SSSR count). The highest BCUT2D eigenvalue weighted by Gasteiger charge is 2.09. The second-order valence-corrected chi connectivity index (χ2v) is 6.35. The Morgan fingerprint density at radius 1 is 0.960 bits per heavy atom. The number of benzene rings is 2. The van der Waals surface area contributed by atoms with Crippen LogP contribution in [-0.4, -0.2) is 11.2 Å². The Kier molecular flexibility index (Phi) is 5.46. The van der Waals surface area contributed by atoms with E-state index in [1.807, 2.05) is 0 Å². The van der Waals surface area contributed by atoms with Gasteiger partial charge < -0.3 is 9.15 Å². The molecule has 0 spiro atoms. The molecular weight excluding hydrogens is 365 g/mol. The largest absolute Gasteiger partial charge is 0.494 e. The van der Waals surface area contributed by atoms with E-state index in [1.165, 1.54) is 10.6 Å². The predicted molar refractivity (Wildman–Crippen MR) is 97.9 cm³/mol. The molecule has 25 heavy (non-hydrogen) atoms. The standard InChI is InChI=1S/C18H15Cl2NO4/c19-12-3-6-14(7-4-12)24-10-2-1-9-21-16-8-5-13(20)11-15(16)17(22)25-18(21)23/h3-8,11H,1-2,9-10H2. The lowest BCUT2D eigenvalue weighted by Gasteiger charge is -2.09. The van der Waals surface area contributed by atoms with Crippen molar-refractivity contribution in [3.05, 3.63) is 73.5 Å². The first-order valence-corrected chi connectivity index (χ1v) is 8.52. The van der Waals surface area contributed by atoms with Crippen LogP contribution in [0.4, 0.5) is 0 Å². The average molecular weight is 380 g/mol. The van der Waals surface area contributed by atoms with E-state index < -0.39 is 11.4 Å². The van der Waals surface area contributed by atoms with Crippen LogP contribution in [0.5, 0.6) is 5.75 Å². The zero-order chi connectivity index (χ0) is 17.8. The molecule has 0 amide bonds. The molecule has 0 N–H and O–H groups in total. The molecule has 0 fully saturated rings. The van der Waals surface area contributed by atoms with Gasteiger partial charge in [0.25, 0.3) is 0 Å². The zero-order valence-corrected chi connectivity index (χ0v) is 14.7. The summed E-state index contributed by atoms with van der Waals surface area (Å²) in [4.78, 5) is 23.8. The van der Waals surface area contributed by atoms with Gasteiger partial charge in [-0.05, 0) is 55.3 Å². The molecule has 0 atom stereocenters. The first kappa shape index (κ1) is 17.6. The summed E-state index contributed by atoms with van der Waals surface area (Å²) in [5.41, 5.74) is -0.158. The van der Waals surface area contributed by atoms with E-state index in [2.05, 4.69) is 0 Å². The van der Waals surface area contributed by atoms with Gasteiger partial charge in [0.15, 0.2) is 0 Å². The van der Waals surface area contributed by atoms with Crippen molar-refractivity contribution in [2.45, 2.75) is 19.4 Å². The van der Waals surface area contributed by atoms with Gasteiger partial charge in [-0.15, -0.1) is 0 Å². The van der Waals surface area contributed by atoms with E-state index in [-0.39, 0.29) is 0 Å². The van der Waals surface area contributed by atoms with Crippen LogP contribution in [0.25, 0.3) is 10.9 Å². The zero-order valence-electron chi connectivity index (χ0n) is 13.2. The molecule has 3 aromatic rings. The van der Waals surface area contributed by atoms with Gasteiger partial charge >= 0.3 is 11.4 Å². The second kappa shape index (κ2) is 7.76. The van der Waals surface area contributed by atoms with E-state index in [4.69, 9.17) is 32.4 Å². The van der Waals surface area contributed by atoms with Gasteiger partial charge in [0.1, 0.15) is 5.75 Å². The van der Waals surface area contributed by atoms with Crippen LogP contribution in [0.15, 0.2) is 56.5 Å². The van der Waals surface area contributed by atoms with Crippen molar-refractivity contribution in [2.24, 2.45) is 0 Å². The minimum absolute atomic E-state index is 0.296. The number of halogens is 2. The molecule has 0 bridgehead atoms. The number of ether oxygens (including phenoxy) is 1. The molecule has 0 aliphatic rings. The van der Waals surface area contributed by atoms with Crippen LogP contribution in [0, 0.1) is 0 Å². The monoisotopic (exact) mass is 379 g/mol. The molecule has 130 valence electrons. The van der Waals surface area contributed by atoms with Crippen molar-refractivity contribution >= 4 is 34.1 Å². The Bertz CT molecular complexity index is 993. The number of fused-ring (bicyclic) bond motifs is 1. The van der Waals surface area contributed by atoms with Gasteiger partial charge in [0.05, 0.1) is 17.5 Å². The van der Waals surface area contributed by atoms with Gasteiger partial charge in [-0.3, -0.25) is 4.57 Å². The fourth-order valence-corrected chi connectivity index (χ4v) is 2.80. The lowest BCUT2D eigenvalue weighted by atomic mass is 10.2. The molecule has 2 aromatic carbocycles. The number of hydrogen-bond acceptors (Lipinski definition) is 4. The number of aryl methyl sites for hydroxylation is 1. The maximum atomic E-state index is 12.0. The van der Waals surface area contributed by atoms with Gasteiger partial charge in [0.2, 0.25) is 0 Å². The summed E-state index contributed by atoms with van der Waals surface area (Å²) in [7, 11) is 0. The molecular formula is C18H15Cl2NO4.